The molecule has 0 radical (unpaired) electrons. The number of rotatable bonds is 6. The zero-order chi connectivity index (χ0) is 18.5. The fourth-order valence-corrected chi connectivity index (χ4v) is 2.78. The van der Waals surface area contributed by atoms with Crippen molar-refractivity contribution in [1.82, 2.24) is 14.7 Å². The Labute approximate surface area is 154 Å². The molecule has 0 aliphatic carbocycles. The summed E-state index contributed by atoms with van der Waals surface area (Å²) in [5, 5.41) is 4.33. The first kappa shape index (κ1) is 17.7. The highest BCUT2D eigenvalue weighted by Gasteiger charge is 2.17. The zero-order valence-electron chi connectivity index (χ0n) is 15.5. The maximum Gasteiger partial charge on any atom is 0.257 e. The van der Waals surface area contributed by atoms with E-state index in [0.717, 1.165) is 16.9 Å². The highest BCUT2D eigenvalue weighted by atomic mass is 16.2. The highest BCUT2D eigenvalue weighted by molar-refractivity contribution is 5.93. The predicted octanol–water partition coefficient (Wildman–Crippen LogP) is 3.60. The van der Waals surface area contributed by atoms with E-state index in [4.69, 9.17) is 0 Å². The van der Waals surface area contributed by atoms with Gasteiger partial charge in [0.2, 0.25) is 0 Å². The Hall–Kier alpha value is -3.08. The van der Waals surface area contributed by atoms with Crippen LogP contribution in [0.2, 0.25) is 0 Å². The van der Waals surface area contributed by atoms with Gasteiger partial charge in [-0.1, -0.05) is 30.3 Å². The summed E-state index contributed by atoms with van der Waals surface area (Å²) in [6.45, 7) is 3.22. The molecular weight excluding hydrogens is 324 g/mol. The van der Waals surface area contributed by atoms with Crippen molar-refractivity contribution in [3.8, 4) is 5.69 Å². The van der Waals surface area contributed by atoms with Crippen LogP contribution in [0.25, 0.3) is 5.69 Å². The molecular formula is C21H24N4O. The van der Waals surface area contributed by atoms with Crippen molar-refractivity contribution in [2.45, 2.75) is 13.5 Å². The van der Waals surface area contributed by atoms with E-state index in [1.807, 2.05) is 56.3 Å². The summed E-state index contributed by atoms with van der Waals surface area (Å²) in [5.74, 6) is -0.00799. The van der Waals surface area contributed by atoms with E-state index >= 15 is 0 Å². The van der Waals surface area contributed by atoms with Crippen molar-refractivity contribution in [3.63, 3.8) is 0 Å². The van der Waals surface area contributed by atoms with E-state index in [0.29, 0.717) is 18.7 Å². The number of para-hydroxylation sites is 1. The minimum atomic E-state index is -0.00799. The van der Waals surface area contributed by atoms with Gasteiger partial charge in [0, 0.05) is 39.1 Å². The summed E-state index contributed by atoms with van der Waals surface area (Å²) in [5.41, 5.74) is 3.79. The van der Waals surface area contributed by atoms with Crippen molar-refractivity contribution in [2.75, 3.05) is 25.5 Å². The van der Waals surface area contributed by atoms with E-state index in [1.54, 1.807) is 17.1 Å². The number of carbonyl (C=O) groups excluding carboxylic acids is 1. The molecule has 0 bridgehead atoms. The molecule has 3 aromatic rings. The van der Waals surface area contributed by atoms with Gasteiger partial charge < -0.3 is 9.80 Å². The molecule has 0 saturated carbocycles. The Balaban J connectivity index is 1.74. The first-order chi connectivity index (χ1) is 12.6. The van der Waals surface area contributed by atoms with Crippen molar-refractivity contribution in [3.05, 3.63) is 78.1 Å². The van der Waals surface area contributed by atoms with Crippen molar-refractivity contribution in [2.24, 2.45) is 0 Å². The lowest BCUT2D eigenvalue weighted by Gasteiger charge is -2.21. The van der Waals surface area contributed by atoms with Gasteiger partial charge in [-0.15, -0.1) is 0 Å². The smallest absolute Gasteiger partial charge is 0.257 e. The first-order valence-electron chi connectivity index (χ1n) is 8.74. The number of nitrogens with zero attached hydrogens (tertiary/aromatic N) is 4. The lowest BCUT2D eigenvalue weighted by molar-refractivity contribution is 0.0752. The Bertz CT molecular complexity index is 853. The number of aromatic nitrogens is 2. The van der Waals surface area contributed by atoms with Gasteiger partial charge in [0.1, 0.15) is 0 Å². The van der Waals surface area contributed by atoms with Gasteiger partial charge in [-0.2, -0.15) is 5.10 Å². The maximum atomic E-state index is 12.9. The van der Waals surface area contributed by atoms with Crippen LogP contribution in [-0.2, 0) is 6.54 Å². The summed E-state index contributed by atoms with van der Waals surface area (Å²) < 4.78 is 1.73. The fraction of sp³-hybridized carbons (Fsp3) is 0.238. The number of anilines is 1. The van der Waals surface area contributed by atoms with Crippen molar-refractivity contribution < 1.29 is 4.79 Å². The molecule has 0 fully saturated rings. The van der Waals surface area contributed by atoms with Crippen LogP contribution in [-0.4, -0.2) is 41.2 Å². The SMILES string of the molecule is CCN(Cc1ccc(N(C)C)cc1)C(=O)c1cnn(-c2ccccc2)c1. The minimum absolute atomic E-state index is 0.00799. The van der Waals surface area contributed by atoms with Crippen LogP contribution in [0.1, 0.15) is 22.8 Å². The predicted molar refractivity (Wildman–Crippen MR) is 105 cm³/mol. The van der Waals surface area contributed by atoms with Gasteiger partial charge in [0.25, 0.3) is 5.91 Å². The van der Waals surface area contributed by atoms with E-state index in [-0.39, 0.29) is 5.91 Å². The number of benzene rings is 2. The first-order valence-corrected chi connectivity index (χ1v) is 8.74. The lowest BCUT2D eigenvalue weighted by atomic mass is 10.1. The molecule has 0 N–H and O–H groups in total. The molecule has 1 aromatic heterocycles. The number of amides is 1. The van der Waals surface area contributed by atoms with Gasteiger partial charge >= 0.3 is 0 Å². The third-order valence-corrected chi connectivity index (χ3v) is 4.35. The largest absolute Gasteiger partial charge is 0.378 e. The molecule has 1 heterocycles. The van der Waals surface area contributed by atoms with E-state index < -0.39 is 0 Å². The van der Waals surface area contributed by atoms with Crippen molar-refractivity contribution >= 4 is 11.6 Å². The molecule has 5 heteroatoms. The van der Waals surface area contributed by atoms with Crippen LogP contribution >= 0.6 is 0 Å². The van der Waals surface area contributed by atoms with Crippen LogP contribution in [0.5, 0.6) is 0 Å². The number of hydrogen-bond acceptors (Lipinski definition) is 3. The van der Waals surface area contributed by atoms with Crippen molar-refractivity contribution in [1.29, 1.82) is 0 Å². The van der Waals surface area contributed by atoms with Gasteiger partial charge in [-0.05, 0) is 36.8 Å². The van der Waals surface area contributed by atoms with Gasteiger partial charge in [-0.3, -0.25) is 4.79 Å². The summed E-state index contributed by atoms with van der Waals surface area (Å²) in [6.07, 6.45) is 3.42. The average molecular weight is 348 g/mol. The van der Waals surface area contributed by atoms with Crippen LogP contribution in [0, 0.1) is 0 Å². The summed E-state index contributed by atoms with van der Waals surface area (Å²) in [6, 6.07) is 18.1. The normalized spacial score (nSPS) is 10.6. The monoisotopic (exact) mass is 348 g/mol. The Morgan fingerprint density at radius 2 is 1.73 bits per heavy atom. The molecule has 0 aliphatic rings. The Morgan fingerprint density at radius 1 is 1.04 bits per heavy atom. The second-order valence-corrected chi connectivity index (χ2v) is 6.39. The van der Waals surface area contributed by atoms with Gasteiger partial charge in [0.15, 0.2) is 0 Å². The molecule has 0 aliphatic heterocycles. The molecule has 2 aromatic carbocycles. The Morgan fingerprint density at radius 3 is 2.35 bits per heavy atom. The third kappa shape index (κ3) is 3.94. The standard InChI is InChI=1S/C21H24N4O/c1-4-24(15-17-10-12-19(13-11-17)23(2)3)21(26)18-14-22-25(16-18)20-8-6-5-7-9-20/h5-14,16H,4,15H2,1-3H3. The van der Waals surface area contributed by atoms with E-state index in [9.17, 15) is 4.79 Å². The number of carbonyl (C=O) groups is 1. The molecule has 1 amide bonds. The Kier molecular flexibility index (Phi) is 5.37. The van der Waals surface area contributed by atoms with E-state index in [1.165, 1.54) is 0 Å². The molecule has 0 unspecified atom stereocenters. The lowest BCUT2D eigenvalue weighted by Crippen LogP contribution is -2.30. The molecule has 3 rings (SSSR count). The quantitative estimate of drug-likeness (QED) is 0.683. The summed E-state index contributed by atoms with van der Waals surface area (Å²) in [4.78, 5) is 16.8. The van der Waals surface area contributed by atoms with Crippen LogP contribution in [0.15, 0.2) is 67.0 Å². The third-order valence-electron chi connectivity index (χ3n) is 4.35. The molecule has 26 heavy (non-hydrogen) atoms. The maximum absolute atomic E-state index is 12.9. The molecule has 0 saturated heterocycles. The molecule has 0 spiro atoms. The minimum Gasteiger partial charge on any atom is -0.378 e. The highest BCUT2D eigenvalue weighted by Crippen LogP contribution is 2.16. The van der Waals surface area contributed by atoms with E-state index in [2.05, 4.69) is 34.3 Å². The second kappa shape index (κ2) is 7.87. The second-order valence-electron chi connectivity index (χ2n) is 6.39. The average Bonchev–Trinajstić information content (AvgIpc) is 3.17. The zero-order valence-corrected chi connectivity index (χ0v) is 15.5. The fourth-order valence-electron chi connectivity index (χ4n) is 2.78. The van der Waals surface area contributed by atoms with Crippen LogP contribution in [0.3, 0.4) is 0 Å². The molecule has 134 valence electrons. The summed E-state index contributed by atoms with van der Waals surface area (Å²) >= 11 is 0. The number of hydrogen-bond donors (Lipinski definition) is 0. The molecule has 0 atom stereocenters. The van der Waals surface area contributed by atoms with Crippen LogP contribution < -0.4 is 4.90 Å². The summed E-state index contributed by atoms with van der Waals surface area (Å²) in [7, 11) is 4.03. The van der Waals surface area contributed by atoms with Gasteiger partial charge in [-0.25, -0.2) is 4.68 Å². The molecule has 5 nitrogen and oxygen atoms in total. The topological polar surface area (TPSA) is 41.4 Å². The van der Waals surface area contributed by atoms with Gasteiger partial charge in [0.05, 0.1) is 17.4 Å². The van der Waals surface area contributed by atoms with Crippen LogP contribution in [0.4, 0.5) is 5.69 Å².